The molecule has 1 rings (SSSR count). The van der Waals surface area contributed by atoms with Gasteiger partial charge in [-0.15, -0.1) is 0 Å². The van der Waals surface area contributed by atoms with Gasteiger partial charge in [0.05, 0.1) is 39.6 Å². The summed E-state index contributed by atoms with van der Waals surface area (Å²) < 4.78 is 20.6. The second kappa shape index (κ2) is 8.47. The predicted octanol–water partition coefficient (Wildman–Crippen LogP) is 0.479. The lowest BCUT2D eigenvalue weighted by Crippen LogP contribution is -2.53. The molecule has 6 heteroatoms. The van der Waals surface area contributed by atoms with Crippen LogP contribution in [0.1, 0.15) is 25.7 Å². The molecule has 2 unspecified atom stereocenters. The lowest BCUT2D eigenvalue weighted by Gasteiger charge is -2.35. The summed E-state index contributed by atoms with van der Waals surface area (Å²) in [5, 5.41) is 0. The van der Waals surface area contributed by atoms with Crippen molar-refractivity contribution in [3.63, 3.8) is 0 Å². The van der Waals surface area contributed by atoms with Gasteiger partial charge >= 0.3 is 5.97 Å². The maximum absolute atomic E-state index is 11.6. The van der Waals surface area contributed by atoms with Crippen molar-refractivity contribution in [3.05, 3.63) is 0 Å². The molecule has 19 heavy (non-hydrogen) atoms. The summed E-state index contributed by atoms with van der Waals surface area (Å²) in [6.45, 7) is 2.17. The van der Waals surface area contributed by atoms with Crippen molar-refractivity contribution < 1.29 is 23.7 Å². The zero-order valence-electron chi connectivity index (χ0n) is 11.9. The van der Waals surface area contributed by atoms with Crippen LogP contribution in [0.2, 0.25) is 0 Å². The number of esters is 1. The molecule has 0 aromatic rings. The highest BCUT2D eigenvalue weighted by Crippen LogP contribution is 2.29. The Balaban J connectivity index is 2.22. The van der Waals surface area contributed by atoms with Gasteiger partial charge in [-0.25, -0.2) is 0 Å². The average molecular weight is 275 g/mol. The van der Waals surface area contributed by atoms with Gasteiger partial charge in [0.25, 0.3) is 0 Å². The highest BCUT2D eigenvalue weighted by molar-refractivity contribution is 5.80. The van der Waals surface area contributed by atoms with E-state index in [0.29, 0.717) is 39.3 Å². The predicted molar refractivity (Wildman–Crippen MR) is 69.8 cm³/mol. The zero-order valence-corrected chi connectivity index (χ0v) is 11.9. The molecule has 0 spiro atoms. The lowest BCUT2D eigenvalue weighted by atomic mass is 9.81. The van der Waals surface area contributed by atoms with Gasteiger partial charge in [-0.2, -0.15) is 0 Å². The molecule has 0 aliphatic heterocycles. The number of methoxy groups -OCH3 is 2. The first-order valence-corrected chi connectivity index (χ1v) is 6.68. The second-order valence-electron chi connectivity index (χ2n) is 4.84. The van der Waals surface area contributed by atoms with Crippen LogP contribution in [0.25, 0.3) is 0 Å². The Hall–Kier alpha value is -0.690. The smallest absolute Gasteiger partial charge is 0.325 e. The van der Waals surface area contributed by atoms with Crippen LogP contribution in [0.15, 0.2) is 0 Å². The van der Waals surface area contributed by atoms with E-state index in [4.69, 9.17) is 24.7 Å². The van der Waals surface area contributed by atoms with E-state index < -0.39 is 5.54 Å². The molecule has 1 fully saturated rings. The molecule has 1 aliphatic carbocycles. The number of carbonyl (C=O) groups excluding carboxylic acids is 1. The maximum Gasteiger partial charge on any atom is 0.325 e. The maximum atomic E-state index is 11.6. The average Bonchev–Trinajstić information content (AvgIpc) is 2.42. The lowest BCUT2D eigenvalue weighted by molar-refractivity contribution is -0.151. The molecule has 1 aliphatic rings. The fraction of sp³-hybridized carbons (Fsp3) is 0.923. The fourth-order valence-electron chi connectivity index (χ4n) is 2.30. The molecule has 1 saturated carbocycles. The van der Waals surface area contributed by atoms with Crippen molar-refractivity contribution in [1.82, 2.24) is 0 Å². The molecule has 0 aromatic heterocycles. The number of nitrogens with two attached hydrogens (primary N) is 1. The largest absolute Gasteiger partial charge is 0.468 e. The second-order valence-corrected chi connectivity index (χ2v) is 4.84. The summed E-state index contributed by atoms with van der Waals surface area (Å²) >= 11 is 0. The fourth-order valence-corrected chi connectivity index (χ4v) is 2.30. The Bertz CT molecular complexity index is 274. The van der Waals surface area contributed by atoms with E-state index in [-0.39, 0.29) is 12.1 Å². The molecule has 112 valence electrons. The van der Waals surface area contributed by atoms with Gasteiger partial charge in [0.2, 0.25) is 0 Å². The molecule has 0 bridgehead atoms. The third kappa shape index (κ3) is 5.44. The molecule has 0 heterocycles. The van der Waals surface area contributed by atoms with Gasteiger partial charge in [0, 0.05) is 13.5 Å². The van der Waals surface area contributed by atoms with Crippen LogP contribution in [-0.4, -0.2) is 58.3 Å². The van der Waals surface area contributed by atoms with E-state index >= 15 is 0 Å². The number of rotatable bonds is 8. The first kappa shape index (κ1) is 16.4. The molecule has 0 radical (unpaired) electrons. The summed E-state index contributed by atoms with van der Waals surface area (Å²) in [6, 6.07) is 0. The zero-order chi connectivity index (χ0) is 14.1. The van der Waals surface area contributed by atoms with Crippen LogP contribution >= 0.6 is 0 Å². The number of ether oxygens (including phenoxy) is 4. The Morgan fingerprint density at radius 1 is 1.26 bits per heavy atom. The van der Waals surface area contributed by atoms with Gasteiger partial charge in [0.1, 0.15) is 5.54 Å². The van der Waals surface area contributed by atoms with Gasteiger partial charge in [0.15, 0.2) is 0 Å². The molecule has 0 amide bonds. The summed E-state index contributed by atoms with van der Waals surface area (Å²) in [6.07, 6.45) is 2.97. The normalized spacial score (nSPS) is 27.2. The quantitative estimate of drug-likeness (QED) is 0.512. The minimum absolute atomic E-state index is 0.00359. The van der Waals surface area contributed by atoms with Crippen LogP contribution in [0, 0.1) is 0 Å². The monoisotopic (exact) mass is 275 g/mol. The first-order chi connectivity index (χ1) is 9.12. The van der Waals surface area contributed by atoms with E-state index in [1.165, 1.54) is 7.11 Å². The third-order valence-electron chi connectivity index (χ3n) is 3.35. The number of carbonyl (C=O) groups is 1. The Morgan fingerprint density at radius 3 is 2.68 bits per heavy atom. The topological polar surface area (TPSA) is 80.0 Å². The Kier molecular flexibility index (Phi) is 7.30. The summed E-state index contributed by atoms with van der Waals surface area (Å²) in [7, 11) is 3.00. The summed E-state index contributed by atoms with van der Waals surface area (Å²) in [4.78, 5) is 11.6. The van der Waals surface area contributed by atoms with Crippen LogP contribution in [0.5, 0.6) is 0 Å². The molecular formula is C13H25NO5. The third-order valence-corrected chi connectivity index (χ3v) is 3.35. The van der Waals surface area contributed by atoms with Crippen molar-refractivity contribution in [2.75, 3.05) is 40.6 Å². The van der Waals surface area contributed by atoms with Gasteiger partial charge in [-0.1, -0.05) is 0 Å². The van der Waals surface area contributed by atoms with E-state index in [0.717, 1.165) is 12.8 Å². The highest BCUT2D eigenvalue weighted by Gasteiger charge is 2.40. The van der Waals surface area contributed by atoms with Crippen molar-refractivity contribution in [2.45, 2.75) is 37.3 Å². The SMILES string of the molecule is COCCOCCOC1CCCC(N)(C(=O)OC)C1. The van der Waals surface area contributed by atoms with E-state index in [1.54, 1.807) is 7.11 Å². The number of hydrogen-bond donors (Lipinski definition) is 1. The molecule has 2 atom stereocenters. The van der Waals surface area contributed by atoms with Crippen molar-refractivity contribution in [2.24, 2.45) is 5.73 Å². The Morgan fingerprint density at radius 2 is 2.00 bits per heavy atom. The molecule has 6 nitrogen and oxygen atoms in total. The van der Waals surface area contributed by atoms with Gasteiger partial charge in [-0.3, -0.25) is 4.79 Å². The van der Waals surface area contributed by atoms with Crippen molar-refractivity contribution >= 4 is 5.97 Å². The highest BCUT2D eigenvalue weighted by atomic mass is 16.5. The number of hydrogen-bond acceptors (Lipinski definition) is 6. The van der Waals surface area contributed by atoms with Crippen LogP contribution in [0.3, 0.4) is 0 Å². The van der Waals surface area contributed by atoms with Gasteiger partial charge in [-0.05, 0) is 19.3 Å². The first-order valence-electron chi connectivity index (χ1n) is 6.68. The Labute approximate surface area is 114 Å². The minimum Gasteiger partial charge on any atom is -0.468 e. The molecular weight excluding hydrogens is 250 g/mol. The minimum atomic E-state index is -0.894. The van der Waals surface area contributed by atoms with Crippen molar-refractivity contribution in [1.29, 1.82) is 0 Å². The summed E-state index contributed by atoms with van der Waals surface area (Å²) in [5.41, 5.74) is 5.18. The van der Waals surface area contributed by atoms with Crippen LogP contribution in [-0.2, 0) is 23.7 Å². The molecule has 0 aromatic carbocycles. The van der Waals surface area contributed by atoms with E-state index in [1.807, 2.05) is 0 Å². The van der Waals surface area contributed by atoms with Gasteiger partial charge < -0.3 is 24.7 Å². The molecule has 2 N–H and O–H groups in total. The van der Waals surface area contributed by atoms with E-state index in [2.05, 4.69) is 0 Å². The van der Waals surface area contributed by atoms with Crippen LogP contribution in [0.4, 0.5) is 0 Å². The molecule has 0 saturated heterocycles. The van der Waals surface area contributed by atoms with Crippen molar-refractivity contribution in [3.8, 4) is 0 Å². The summed E-state index contributed by atoms with van der Waals surface area (Å²) in [5.74, 6) is -0.350. The van der Waals surface area contributed by atoms with Crippen LogP contribution < -0.4 is 5.73 Å². The van der Waals surface area contributed by atoms with E-state index in [9.17, 15) is 4.79 Å². The standard InChI is InChI=1S/C13H25NO5/c1-16-6-7-18-8-9-19-11-4-3-5-13(14,10-11)12(15)17-2/h11H,3-10,14H2,1-2H3.